The second-order valence-corrected chi connectivity index (χ2v) is 9.71. The van der Waals surface area contributed by atoms with Gasteiger partial charge in [-0.25, -0.2) is 0 Å². The van der Waals surface area contributed by atoms with Crippen molar-refractivity contribution in [2.24, 2.45) is 0 Å². The first kappa shape index (κ1) is 26.3. The van der Waals surface area contributed by atoms with Crippen LogP contribution in [0.3, 0.4) is 0 Å². The van der Waals surface area contributed by atoms with E-state index in [1.54, 1.807) is 27.5 Å². The van der Waals surface area contributed by atoms with Crippen LogP contribution in [0.25, 0.3) is 22.0 Å². The molecule has 1 saturated heterocycles. The van der Waals surface area contributed by atoms with Crippen LogP contribution in [0.2, 0.25) is 0 Å². The zero-order valence-electron chi connectivity index (χ0n) is 22.8. The first-order valence-electron chi connectivity index (χ1n) is 12.9. The molecule has 0 amide bonds. The minimum absolute atomic E-state index is 0.443. The van der Waals surface area contributed by atoms with E-state index >= 15 is 0 Å². The summed E-state index contributed by atoms with van der Waals surface area (Å²) in [5.74, 6) is 1.55. The van der Waals surface area contributed by atoms with Gasteiger partial charge in [0, 0.05) is 62.1 Å². The number of rotatable bonds is 8. The summed E-state index contributed by atoms with van der Waals surface area (Å²) in [4.78, 5) is 9.49. The number of nitriles is 1. The molecule has 200 valence electrons. The predicted molar refractivity (Wildman–Crippen MR) is 154 cm³/mol. The van der Waals surface area contributed by atoms with Crippen molar-refractivity contribution in [3.63, 3.8) is 0 Å². The smallest absolute Gasteiger partial charge is 0.203 e. The number of hydrogen-bond acceptors (Lipinski definition) is 8. The maximum Gasteiger partial charge on any atom is 0.203 e. The Hall–Kier alpha value is -4.32. The Balaban J connectivity index is 1.47. The third-order valence-corrected chi connectivity index (χ3v) is 7.19. The Bertz CT molecular complexity index is 1500. The zero-order chi connectivity index (χ0) is 27.4. The minimum Gasteiger partial charge on any atom is -0.493 e. The molecule has 4 aromatic rings. The van der Waals surface area contributed by atoms with E-state index in [-0.39, 0.29) is 0 Å². The summed E-state index contributed by atoms with van der Waals surface area (Å²) in [7, 11) is 6.89. The van der Waals surface area contributed by atoms with Gasteiger partial charge in [0.1, 0.15) is 6.07 Å². The SMILES string of the molecule is COc1cc(Nc2c(C#N)cnc3cc(-c4cccc(CN5CCN(C)CC5)c4)ccc23)cc(OC)c1OC. The Kier molecular flexibility index (Phi) is 7.82. The maximum absolute atomic E-state index is 9.85. The van der Waals surface area contributed by atoms with E-state index in [4.69, 9.17) is 14.2 Å². The lowest BCUT2D eigenvalue weighted by Crippen LogP contribution is -2.43. The molecule has 0 unspecified atom stereocenters. The molecule has 2 heterocycles. The fourth-order valence-electron chi connectivity index (χ4n) is 5.00. The highest BCUT2D eigenvalue weighted by atomic mass is 16.5. The average Bonchev–Trinajstić information content (AvgIpc) is 2.97. The molecule has 1 aromatic heterocycles. The number of hydrogen-bond donors (Lipinski definition) is 1. The van der Waals surface area contributed by atoms with Crippen molar-refractivity contribution >= 4 is 22.3 Å². The average molecular weight is 524 g/mol. The molecule has 39 heavy (non-hydrogen) atoms. The van der Waals surface area contributed by atoms with E-state index in [9.17, 15) is 5.26 Å². The van der Waals surface area contributed by atoms with Crippen molar-refractivity contribution < 1.29 is 14.2 Å². The van der Waals surface area contributed by atoms with Crippen molar-refractivity contribution in [2.75, 3.05) is 59.9 Å². The van der Waals surface area contributed by atoms with E-state index in [1.165, 1.54) is 5.56 Å². The molecule has 1 aliphatic rings. The van der Waals surface area contributed by atoms with E-state index in [1.807, 2.05) is 18.2 Å². The summed E-state index contributed by atoms with van der Waals surface area (Å²) in [6, 6.07) is 20.8. The Morgan fingerprint density at radius 3 is 2.28 bits per heavy atom. The van der Waals surface area contributed by atoms with E-state index in [0.29, 0.717) is 34.2 Å². The van der Waals surface area contributed by atoms with Gasteiger partial charge in [-0.05, 0) is 35.9 Å². The Morgan fingerprint density at radius 1 is 0.897 bits per heavy atom. The Labute approximate surface area is 229 Å². The molecule has 8 heteroatoms. The Morgan fingerprint density at radius 2 is 1.62 bits per heavy atom. The lowest BCUT2D eigenvalue weighted by atomic mass is 10.00. The fraction of sp³-hybridized carbons (Fsp3) is 0.290. The zero-order valence-corrected chi connectivity index (χ0v) is 22.8. The summed E-state index contributed by atoms with van der Waals surface area (Å²) < 4.78 is 16.4. The van der Waals surface area contributed by atoms with Gasteiger partial charge in [0.15, 0.2) is 11.5 Å². The van der Waals surface area contributed by atoms with Gasteiger partial charge in [0.2, 0.25) is 5.75 Å². The maximum atomic E-state index is 9.85. The van der Waals surface area contributed by atoms with Gasteiger partial charge in [-0.1, -0.05) is 30.3 Å². The number of methoxy groups -OCH3 is 3. The molecule has 1 N–H and O–H groups in total. The van der Waals surface area contributed by atoms with Gasteiger partial charge in [-0.3, -0.25) is 9.88 Å². The molecule has 0 spiro atoms. The molecular weight excluding hydrogens is 490 g/mol. The summed E-state index contributed by atoms with van der Waals surface area (Å²) in [5, 5.41) is 14.1. The van der Waals surface area contributed by atoms with Crippen LogP contribution in [0.15, 0.2) is 60.8 Å². The van der Waals surface area contributed by atoms with Gasteiger partial charge >= 0.3 is 0 Å². The summed E-state index contributed by atoms with van der Waals surface area (Å²) in [5.41, 5.74) is 6.15. The minimum atomic E-state index is 0.443. The molecule has 3 aromatic carbocycles. The van der Waals surface area contributed by atoms with E-state index in [0.717, 1.165) is 54.8 Å². The van der Waals surface area contributed by atoms with Crippen LogP contribution in [0.1, 0.15) is 11.1 Å². The monoisotopic (exact) mass is 523 g/mol. The highest BCUT2D eigenvalue weighted by molar-refractivity contribution is 5.98. The highest BCUT2D eigenvalue weighted by Gasteiger charge is 2.17. The third-order valence-electron chi connectivity index (χ3n) is 7.19. The number of fused-ring (bicyclic) bond motifs is 1. The molecule has 0 atom stereocenters. The molecule has 0 bridgehead atoms. The largest absolute Gasteiger partial charge is 0.493 e. The van der Waals surface area contributed by atoms with Crippen molar-refractivity contribution in [3.05, 3.63) is 71.9 Å². The molecule has 0 radical (unpaired) electrons. The van der Waals surface area contributed by atoms with Crippen molar-refractivity contribution in [3.8, 4) is 34.4 Å². The number of benzene rings is 3. The lowest BCUT2D eigenvalue weighted by Gasteiger charge is -2.32. The first-order chi connectivity index (χ1) is 19.0. The number of pyridine rings is 1. The topological polar surface area (TPSA) is 82.9 Å². The third kappa shape index (κ3) is 5.60. The van der Waals surface area contributed by atoms with Crippen molar-refractivity contribution in [1.82, 2.24) is 14.8 Å². The number of nitrogens with zero attached hydrogens (tertiary/aromatic N) is 4. The fourth-order valence-corrected chi connectivity index (χ4v) is 5.00. The lowest BCUT2D eigenvalue weighted by molar-refractivity contribution is 0.148. The highest BCUT2D eigenvalue weighted by Crippen LogP contribution is 2.41. The predicted octanol–water partition coefficient (Wildman–Crippen LogP) is 5.29. The molecule has 1 aliphatic heterocycles. The van der Waals surface area contributed by atoms with Crippen molar-refractivity contribution in [1.29, 1.82) is 5.26 Å². The van der Waals surface area contributed by atoms with Crippen LogP contribution in [0.5, 0.6) is 17.2 Å². The van der Waals surface area contributed by atoms with Crippen LogP contribution in [-0.2, 0) is 6.54 Å². The number of anilines is 2. The normalized spacial score (nSPS) is 14.1. The van der Waals surface area contributed by atoms with E-state index < -0.39 is 0 Å². The number of ether oxygens (including phenoxy) is 3. The summed E-state index contributed by atoms with van der Waals surface area (Å²) >= 11 is 0. The molecular formula is C31H33N5O3. The van der Waals surface area contributed by atoms with Crippen LogP contribution in [0.4, 0.5) is 11.4 Å². The number of nitrogens with one attached hydrogen (secondary N) is 1. The number of piperazine rings is 1. The molecule has 0 aliphatic carbocycles. The van der Waals surface area contributed by atoms with Crippen molar-refractivity contribution in [2.45, 2.75) is 6.54 Å². The van der Waals surface area contributed by atoms with Gasteiger partial charge in [-0.15, -0.1) is 0 Å². The quantitative estimate of drug-likeness (QED) is 0.334. The van der Waals surface area contributed by atoms with Crippen LogP contribution in [0, 0.1) is 11.3 Å². The second-order valence-electron chi connectivity index (χ2n) is 9.71. The van der Waals surface area contributed by atoms with Crippen LogP contribution < -0.4 is 19.5 Å². The molecule has 5 rings (SSSR count). The second kappa shape index (κ2) is 11.6. The van der Waals surface area contributed by atoms with Crippen LogP contribution in [-0.4, -0.2) is 69.3 Å². The van der Waals surface area contributed by atoms with Gasteiger partial charge in [-0.2, -0.15) is 5.26 Å². The number of aromatic nitrogens is 1. The summed E-state index contributed by atoms with van der Waals surface area (Å²) in [6.07, 6.45) is 1.61. The standard InChI is InChI=1S/C31H33N5O3/c1-35-10-12-36(13-11-35)20-21-6-5-7-22(14-21)23-8-9-26-27(15-23)33-19-24(18-32)30(26)34-25-16-28(37-2)31(39-4)29(17-25)38-3/h5-9,14-17,19H,10-13,20H2,1-4H3,(H,33,34). The number of likely N-dealkylation sites (N-methyl/N-ethyl adjacent to an activating group) is 1. The molecule has 8 nitrogen and oxygen atoms in total. The van der Waals surface area contributed by atoms with Gasteiger partial charge < -0.3 is 24.4 Å². The van der Waals surface area contributed by atoms with E-state index in [2.05, 4.69) is 69.6 Å². The first-order valence-corrected chi connectivity index (χ1v) is 12.9. The van der Waals surface area contributed by atoms with Crippen LogP contribution >= 0.6 is 0 Å². The summed E-state index contributed by atoms with van der Waals surface area (Å²) in [6.45, 7) is 5.33. The molecule has 0 saturated carbocycles. The van der Waals surface area contributed by atoms with Gasteiger partial charge in [0.25, 0.3) is 0 Å². The van der Waals surface area contributed by atoms with Gasteiger partial charge in [0.05, 0.1) is 38.1 Å². The molecule has 1 fully saturated rings.